The molecule has 0 aromatic heterocycles. The van der Waals surface area contributed by atoms with E-state index in [0.29, 0.717) is 12.4 Å². The molecule has 1 saturated heterocycles. The fourth-order valence-corrected chi connectivity index (χ4v) is 3.19. The van der Waals surface area contributed by atoms with Crippen LogP contribution in [-0.2, 0) is 0 Å². The average molecular weight is 364 g/mol. The third-order valence-electron chi connectivity index (χ3n) is 4.75. The van der Waals surface area contributed by atoms with Crippen molar-refractivity contribution >= 4 is 6.03 Å². The van der Waals surface area contributed by atoms with E-state index in [1.807, 2.05) is 25.1 Å². The van der Waals surface area contributed by atoms with E-state index in [-0.39, 0.29) is 18.1 Å². The van der Waals surface area contributed by atoms with Gasteiger partial charge in [-0.05, 0) is 57.5 Å². The minimum atomic E-state index is -0.125. The lowest BCUT2D eigenvalue weighted by Gasteiger charge is -2.30. The Morgan fingerprint density at radius 1 is 1.38 bits per heavy atom. The van der Waals surface area contributed by atoms with Gasteiger partial charge in [0.15, 0.2) is 11.5 Å². The lowest BCUT2D eigenvalue weighted by molar-refractivity contribution is 0.207. The van der Waals surface area contributed by atoms with Crippen LogP contribution in [0.5, 0.6) is 11.5 Å². The predicted octanol–water partition coefficient (Wildman–Crippen LogP) is 3.33. The van der Waals surface area contributed by atoms with Gasteiger partial charge >= 0.3 is 6.03 Å². The SMILES string of the molecule is CCCCOc1ccc([C@@H](C)NC(=O)N[C@@H]2CCCN(C)C2)cc1OC. The number of likely N-dealkylation sites (N-methyl/N-ethyl adjacent to an activating group) is 1. The summed E-state index contributed by atoms with van der Waals surface area (Å²) in [5.74, 6) is 1.44. The standard InChI is InChI=1S/C20H33N3O3/c1-5-6-12-26-18-10-9-16(13-19(18)25-4)15(2)21-20(24)22-17-8-7-11-23(3)14-17/h9-10,13,15,17H,5-8,11-12,14H2,1-4H3,(H2,21,22,24)/t15-,17-/m1/s1. The van der Waals surface area contributed by atoms with Crippen molar-refractivity contribution in [2.45, 2.75) is 51.6 Å². The minimum absolute atomic E-state index is 0.116. The molecule has 1 aromatic rings. The Morgan fingerprint density at radius 2 is 2.19 bits per heavy atom. The second-order valence-electron chi connectivity index (χ2n) is 7.05. The molecule has 2 rings (SSSR count). The number of carbonyl (C=O) groups excluding carboxylic acids is 1. The number of piperidine rings is 1. The maximum Gasteiger partial charge on any atom is 0.315 e. The van der Waals surface area contributed by atoms with Gasteiger partial charge in [-0.2, -0.15) is 0 Å². The summed E-state index contributed by atoms with van der Waals surface area (Å²) in [6.45, 7) is 6.78. The van der Waals surface area contributed by atoms with Gasteiger partial charge in [-0.1, -0.05) is 19.4 Å². The van der Waals surface area contributed by atoms with E-state index in [0.717, 1.165) is 50.1 Å². The number of unbranched alkanes of at least 4 members (excludes halogenated alkanes) is 1. The molecule has 1 fully saturated rings. The Hall–Kier alpha value is -1.95. The zero-order valence-corrected chi connectivity index (χ0v) is 16.5. The molecule has 6 nitrogen and oxygen atoms in total. The molecule has 1 aromatic carbocycles. The van der Waals surface area contributed by atoms with Gasteiger partial charge in [-0.25, -0.2) is 4.79 Å². The van der Waals surface area contributed by atoms with Crippen LogP contribution in [-0.4, -0.2) is 50.8 Å². The molecule has 26 heavy (non-hydrogen) atoms. The van der Waals surface area contributed by atoms with Crippen molar-refractivity contribution in [2.75, 3.05) is 33.9 Å². The zero-order valence-electron chi connectivity index (χ0n) is 16.5. The highest BCUT2D eigenvalue weighted by Gasteiger charge is 2.20. The molecule has 6 heteroatoms. The first-order chi connectivity index (χ1) is 12.5. The molecule has 0 unspecified atom stereocenters. The second kappa shape index (κ2) is 10.3. The lowest BCUT2D eigenvalue weighted by Crippen LogP contribution is -2.49. The molecule has 1 heterocycles. The van der Waals surface area contributed by atoms with E-state index < -0.39 is 0 Å². The maximum atomic E-state index is 12.3. The molecule has 2 amide bonds. The molecule has 2 N–H and O–H groups in total. The first-order valence-corrected chi connectivity index (χ1v) is 9.59. The van der Waals surface area contributed by atoms with Crippen LogP contribution in [0, 0.1) is 0 Å². The van der Waals surface area contributed by atoms with Crippen molar-refractivity contribution in [2.24, 2.45) is 0 Å². The van der Waals surface area contributed by atoms with Gasteiger partial charge in [-0.3, -0.25) is 0 Å². The van der Waals surface area contributed by atoms with Crippen LogP contribution in [0.4, 0.5) is 4.79 Å². The highest BCUT2D eigenvalue weighted by atomic mass is 16.5. The Kier molecular flexibility index (Phi) is 8.04. The number of nitrogens with one attached hydrogen (secondary N) is 2. The second-order valence-corrected chi connectivity index (χ2v) is 7.05. The van der Waals surface area contributed by atoms with Crippen LogP contribution in [0.25, 0.3) is 0 Å². The van der Waals surface area contributed by atoms with Crippen molar-refractivity contribution in [3.8, 4) is 11.5 Å². The van der Waals surface area contributed by atoms with Gasteiger partial charge in [0.1, 0.15) is 0 Å². The summed E-state index contributed by atoms with van der Waals surface area (Å²) < 4.78 is 11.2. The van der Waals surface area contributed by atoms with Gasteiger partial charge < -0.3 is 25.0 Å². The lowest BCUT2D eigenvalue weighted by atomic mass is 10.1. The number of hydrogen-bond donors (Lipinski definition) is 2. The van der Waals surface area contributed by atoms with Crippen LogP contribution >= 0.6 is 0 Å². The number of ether oxygens (including phenoxy) is 2. The van der Waals surface area contributed by atoms with E-state index in [1.165, 1.54) is 0 Å². The van der Waals surface area contributed by atoms with Crippen molar-refractivity contribution in [1.29, 1.82) is 0 Å². The van der Waals surface area contributed by atoms with Gasteiger partial charge in [0.05, 0.1) is 19.8 Å². The van der Waals surface area contributed by atoms with Crippen LogP contribution in [0.1, 0.15) is 51.1 Å². The first kappa shape index (κ1) is 20.4. The predicted molar refractivity (Wildman–Crippen MR) is 104 cm³/mol. The average Bonchev–Trinajstić information content (AvgIpc) is 2.62. The molecule has 0 saturated carbocycles. The smallest absolute Gasteiger partial charge is 0.315 e. The summed E-state index contributed by atoms with van der Waals surface area (Å²) in [6, 6.07) is 5.79. The summed E-state index contributed by atoms with van der Waals surface area (Å²) in [4.78, 5) is 14.6. The van der Waals surface area contributed by atoms with Crippen LogP contribution < -0.4 is 20.1 Å². The van der Waals surface area contributed by atoms with E-state index in [1.54, 1.807) is 7.11 Å². The highest BCUT2D eigenvalue weighted by Crippen LogP contribution is 2.30. The van der Waals surface area contributed by atoms with Crippen molar-refractivity contribution in [1.82, 2.24) is 15.5 Å². The molecule has 1 aliphatic rings. The quantitative estimate of drug-likeness (QED) is 0.696. The molecule has 0 bridgehead atoms. The summed E-state index contributed by atoms with van der Waals surface area (Å²) in [5.41, 5.74) is 0.987. The Balaban J connectivity index is 1.91. The molecule has 1 aliphatic heterocycles. The van der Waals surface area contributed by atoms with Crippen molar-refractivity contribution < 1.29 is 14.3 Å². The first-order valence-electron chi connectivity index (χ1n) is 9.59. The monoisotopic (exact) mass is 363 g/mol. The van der Waals surface area contributed by atoms with E-state index >= 15 is 0 Å². The molecule has 146 valence electrons. The number of carbonyl (C=O) groups is 1. The fraction of sp³-hybridized carbons (Fsp3) is 0.650. The Labute approximate surface area is 157 Å². The van der Waals surface area contributed by atoms with Crippen LogP contribution in [0.3, 0.4) is 0 Å². The molecule has 2 atom stereocenters. The van der Waals surface area contributed by atoms with Crippen molar-refractivity contribution in [3.63, 3.8) is 0 Å². The summed E-state index contributed by atoms with van der Waals surface area (Å²) >= 11 is 0. The summed E-state index contributed by atoms with van der Waals surface area (Å²) in [7, 11) is 3.72. The number of benzene rings is 1. The number of amides is 2. The van der Waals surface area contributed by atoms with E-state index in [4.69, 9.17) is 9.47 Å². The molecule has 0 radical (unpaired) electrons. The van der Waals surface area contributed by atoms with Crippen LogP contribution in [0.15, 0.2) is 18.2 Å². The van der Waals surface area contributed by atoms with Crippen molar-refractivity contribution in [3.05, 3.63) is 23.8 Å². The normalized spacial score (nSPS) is 18.8. The zero-order chi connectivity index (χ0) is 18.9. The molecular weight excluding hydrogens is 330 g/mol. The van der Waals surface area contributed by atoms with Gasteiger partial charge in [0.25, 0.3) is 0 Å². The minimum Gasteiger partial charge on any atom is -0.493 e. The van der Waals surface area contributed by atoms with Gasteiger partial charge in [0.2, 0.25) is 0 Å². The number of likely N-dealkylation sites (tertiary alicyclic amines) is 1. The third kappa shape index (κ3) is 6.09. The van der Waals surface area contributed by atoms with E-state index in [9.17, 15) is 4.79 Å². The number of nitrogens with zero attached hydrogens (tertiary/aromatic N) is 1. The molecule has 0 spiro atoms. The highest BCUT2D eigenvalue weighted by molar-refractivity contribution is 5.74. The van der Waals surface area contributed by atoms with Gasteiger partial charge in [-0.15, -0.1) is 0 Å². The topological polar surface area (TPSA) is 62.8 Å². The summed E-state index contributed by atoms with van der Waals surface area (Å²) in [6.07, 6.45) is 4.25. The number of rotatable bonds is 8. The number of urea groups is 1. The van der Waals surface area contributed by atoms with E-state index in [2.05, 4.69) is 29.5 Å². The van der Waals surface area contributed by atoms with Gasteiger partial charge in [0, 0.05) is 12.6 Å². The number of methoxy groups -OCH3 is 1. The largest absolute Gasteiger partial charge is 0.493 e. The Morgan fingerprint density at radius 3 is 2.88 bits per heavy atom. The third-order valence-corrected chi connectivity index (χ3v) is 4.75. The van der Waals surface area contributed by atoms with Crippen LogP contribution in [0.2, 0.25) is 0 Å². The number of hydrogen-bond acceptors (Lipinski definition) is 4. The summed E-state index contributed by atoms with van der Waals surface area (Å²) in [5, 5.41) is 6.09. The Bertz CT molecular complexity index is 579. The maximum absolute atomic E-state index is 12.3. The fourth-order valence-electron chi connectivity index (χ4n) is 3.19. The molecular formula is C20H33N3O3. The molecule has 0 aliphatic carbocycles.